The van der Waals surface area contributed by atoms with E-state index in [1.54, 1.807) is 33.1 Å². The van der Waals surface area contributed by atoms with Crippen molar-refractivity contribution in [3.05, 3.63) is 65.5 Å². The number of benzene rings is 2. The van der Waals surface area contributed by atoms with Gasteiger partial charge in [-0.15, -0.1) is 0 Å². The van der Waals surface area contributed by atoms with Crippen molar-refractivity contribution >= 4 is 12.0 Å². The second-order valence-electron chi connectivity index (χ2n) is 7.77. The molecule has 0 fully saturated rings. The van der Waals surface area contributed by atoms with E-state index in [1.807, 2.05) is 31.2 Å². The zero-order valence-electron chi connectivity index (χ0n) is 18.5. The van der Waals surface area contributed by atoms with Gasteiger partial charge in [0.05, 0.1) is 13.2 Å². The molecule has 2 aromatic rings. The summed E-state index contributed by atoms with van der Waals surface area (Å²) < 4.78 is 23.5. The zero-order valence-corrected chi connectivity index (χ0v) is 18.5. The van der Waals surface area contributed by atoms with Gasteiger partial charge in [-0.2, -0.15) is 0 Å². The van der Waals surface area contributed by atoms with Crippen molar-refractivity contribution < 1.29 is 23.5 Å². The molecule has 0 unspecified atom stereocenters. The van der Waals surface area contributed by atoms with Gasteiger partial charge in [0, 0.05) is 6.54 Å². The van der Waals surface area contributed by atoms with Gasteiger partial charge in [0.25, 0.3) is 0 Å². The highest BCUT2D eigenvalue weighted by molar-refractivity contribution is 5.86. The lowest BCUT2D eigenvalue weighted by Crippen LogP contribution is -2.51. The summed E-state index contributed by atoms with van der Waals surface area (Å²) in [6.45, 7) is 5.77. The maximum Gasteiger partial charge on any atom is 0.408 e. The highest BCUT2D eigenvalue weighted by Crippen LogP contribution is 2.15. The zero-order chi connectivity index (χ0) is 22.8. The molecule has 2 atom stereocenters. The Morgan fingerprint density at radius 3 is 2.16 bits per heavy atom. The van der Waals surface area contributed by atoms with Crippen LogP contribution in [0.5, 0.6) is 5.75 Å². The highest BCUT2D eigenvalue weighted by Gasteiger charge is 2.27. The van der Waals surface area contributed by atoms with E-state index >= 15 is 0 Å². The first-order valence-electron chi connectivity index (χ1n) is 10.4. The Morgan fingerprint density at radius 1 is 0.968 bits per heavy atom. The van der Waals surface area contributed by atoms with Gasteiger partial charge in [0.15, 0.2) is 0 Å². The van der Waals surface area contributed by atoms with Crippen LogP contribution < -0.4 is 15.4 Å². The van der Waals surface area contributed by atoms with Crippen LogP contribution >= 0.6 is 0 Å². The Morgan fingerprint density at radius 2 is 1.58 bits per heavy atom. The van der Waals surface area contributed by atoms with Gasteiger partial charge in [-0.25, -0.2) is 9.18 Å². The van der Waals surface area contributed by atoms with Crippen LogP contribution in [0.2, 0.25) is 0 Å². The molecule has 0 saturated heterocycles. The van der Waals surface area contributed by atoms with Gasteiger partial charge < -0.3 is 20.1 Å². The molecule has 0 aliphatic heterocycles. The van der Waals surface area contributed by atoms with E-state index in [9.17, 15) is 14.0 Å². The summed E-state index contributed by atoms with van der Waals surface area (Å²) in [7, 11) is 1.61. The molecule has 0 saturated carbocycles. The highest BCUT2D eigenvalue weighted by atomic mass is 19.1. The third kappa shape index (κ3) is 8.28. The third-order valence-electron chi connectivity index (χ3n) is 4.81. The lowest BCUT2D eigenvalue weighted by Gasteiger charge is -2.25. The first-order valence-corrected chi connectivity index (χ1v) is 10.4. The SMILES string of the molecule is COc1ccc(CCNC(=O)[C@@H](NC(=O)OC(C)C)[C@H](C)Cc2ccc(F)cc2)cc1. The molecule has 6 nitrogen and oxygen atoms in total. The Kier molecular flexibility index (Phi) is 9.31. The summed E-state index contributed by atoms with van der Waals surface area (Å²) in [5.41, 5.74) is 1.94. The van der Waals surface area contributed by atoms with Crippen LogP contribution in [0.1, 0.15) is 31.9 Å². The largest absolute Gasteiger partial charge is 0.497 e. The second-order valence-corrected chi connectivity index (χ2v) is 7.77. The summed E-state index contributed by atoms with van der Waals surface area (Å²) in [4.78, 5) is 25.0. The van der Waals surface area contributed by atoms with E-state index in [4.69, 9.17) is 9.47 Å². The minimum atomic E-state index is -0.785. The van der Waals surface area contributed by atoms with Crippen molar-refractivity contribution in [2.75, 3.05) is 13.7 Å². The molecule has 168 valence electrons. The van der Waals surface area contributed by atoms with Crippen molar-refractivity contribution in [3.8, 4) is 5.75 Å². The van der Waals surface area contributed by atoms with Crippen LogP contribution in [0, 0.1) is 11.7 Å². The lowest BCUT2D eigenvalue weighted by molar-refractivity contribution is -0.124. The molecule has 2 amide bonds. The summed E-state index contributed by atoms with van der Waals surface area (Å²) in [5, 5.41) is 5.57. The minimum Gasteiger partial charge on any atom is -0.497 e. The van der Waals surface area contributed by atoms with E-state index < -0.39 is 12.1 Å². The Bertz CT molecular complexity index is 838. The number of nitrogens with one attached hydrogen (secondary N) is 2. The van der Waals surface area contributed by atoms with Crippen LogP contribution in [-0.4, -0.2) is 37.8 Å². The Labute approximate surface area is 183 Å². The number of hydrogen-bond acceptors (Lipinski definition) is 4. The molecule has 7 heteroatoms. The van der Waals surface area contributed by atoms with E-state index in [2.05, 4.69) is 10.6 Å². The average molecular weight is 431 g/mol. The number of hydrogen-bond donors (Lipinski definition) is 2. The first kappa shape index (κ1) is 24.2. The Balaban J connectivity index is 1.99. The maximum atomic E-state index is 13.2. The fraction of sp³-hybridized carbons (Fsp3) is 0.417. The van der Waals surface area contributed by atoms with Gasteiger partial charge >= 0.3 is 6.09 Å². The molecule has 2 N–H and O–H groups in total. The summed E-state index contributed by atoms with van der Waals surface area (Å²) in [5.74, 6) is -0.0619. The monoisotopic (exact) mass is 430 g/mol. The topological polar surface area (TPSA) is 76.7 Å². The fourth-order valence-corrected chi connectivity index (χ4v) is 3.18. The number of carbonyl (C=O) groups is 2. The normalized spacial score (nSPS) is 12.7. The number of amides is 2. The van der Waals surface area contributed by atoms with E-state index in [0.717, 1.165) is 16.9 Å². The third-order valence-corrected chi connectivity index (χ3v) is 4.81. The predicted octanol–water partition coefficient (Wildman–Crippen LogP) is 3.88. The van der Waals surface area contributed by atoms with E-state index in [0.29, 0.717) is 19.4 Å². The van der Waals surface area contributed by atoms with E-state index in [-0.39, 0.29) is 23.7 Å². The number of alkyl carbamates (subject to hydrolysis) is 1. The number of rotatable bonds is 10. The molecule has 0 aliphatic rings. The molecule has 0 heterocycles. The fourth-order valence-electron chi connectivity index (χ4n) is 3.18. The van der Waals surface area contributed by atoms with Crippen LogP contribution in [-0.2, 0) is 22.4 Å². The Hall–Kier alpha value is -3.09. The van der Waals surface area contributed by atoms with Gasteiger partial charge in [-0.1, -0.05) is 31.2 Å². The summed E-state index contributed by atoms with van der Waals surface area (Å²) in [6, 6.07) is 13.0. The molecular formula is C24H31FN2O4. The molecule has 0 aromatic heterocycles. The van der Waals surface area contributed by atoms with Gasteiger partial charge in [0.1, 0.15) is 17.6 Å². The van der Waals surface area contributed by atoms with E-state index in [1.165, 1.54) is 12.1 Å². The van der Waals surface area contributed by atoms with Crippen molar-refractivity contribution in [2.45, 2.75) is 45.8 Å². The van der Waals surface area contributed by atoms with Crippen molar-refractivity contribution in [1.29, 1.82) is 0 Å². The molecule has 0 aliphatic carbocycles. The van der Waals surface area contributed by atoms with Crippen LogP contribution in [0.3, 0.4) is 0 Å². The van der Waals surface area contributed by atoms with Gasteiger partial charge in [-0.3, -0.25) is 4.79 Å². The molecule has 2 aromatic carbocycles. The second kappa shape index (κ2) is 11.9. The smallest absolute Gasteiger partial charge is 0.408 e. The predicted molar refractivity (Wildman–Crippen MR) is 118 cm³/mol. The quantitative estimate of drug-likeness (QED) is 0.600. The number of halogens is 1. The molecular weight excluding hydrogens is 399 g/mol. The number of ether oxygens (including phenoxy) is 2. The average Bonchev–Trinajstić information content (AvgIpc) is 2.73. The summed E-state index contributed by atoms with van der Waals surface area (Å²) in [6.07, 6.45) is 0.201. The van der Waals surface area contributed by atoms with Crippen molar-refractivity contribution in [3.63, 3.8) is 0 Å². The number of carbonyl (C=O) groups excluding carboxylic acids is 2. The number of methoxy groups -OCH3 is 1. The molecule has 2 rings (SSSR count). The van der Waals surface area contributed by atoms with Crippen LogP contribution in [0.4, 0.5) is 9.18 Å². The minimum absolute atomic E-state index is 0.230. The van der Waals surface area contributed by atoms with Crippen LogP contribution in [0.25, 0.3) is 0 Å². The van der Waals surface area contributed by atoms with Gasteiger partial charge in [0.2, 0.25) is 5.91 Å². The van der Waals surface area contributed by atoms with Crippen molar-refractivity contribution in [1.82, 2.24) is 10.6 Å². The molecule has 0 bridgehead atoms. The first-order chi connectivity index (χ1) is 14.8. The summed E-state index contributed by atoms with van der Waals surface area (Å²) >= 11 is 0. The van der Waals surface area contributed by atoms with Crippen LogP contribution in [0.15, 0.2) is 48.5 Å². The lowest BCUT2D eigenvalue weighted by atomic mass is 9.93. The molecule has 31 heavy (non-hydrogen) atoms. The maximum absolute atomic E-state index is 13.2. The van der Waals surface area contributed by atoms with Gasteiger partial charge in [-0.05, 0) is 68.0 Å². The van der Waals surface area contributed by atoms with Crippen molar-refractivity contribution in [2.24, 2.45) is 5.92 Å². The standard InChI is InChI=1S/C24H31FN2O4/c1-16(2)31-24(29)27-22(17(3)15-19-5-9-20(25)10-6-19)23(28)26-14-13-18-7-11-21(30-4)12-8-18/h5-12,16-17,22H,13-15H2,1-4H3,(H,26,28)(H,27,29)/t17-,22+/m1/s1. The molecule has 0 spiro atoms. The molecule has 0 radical (unpaired) electrons.